The van der Waals surface area contributed by atoms with Crippen LogP contribution in [-0.4, -0.2) is 16.2 Å². The van der Waals surface area contributed by atoms with Crippen LogP contribution in [0.4, 0.5) is 5.82 Å². The van der Waals surface area contributed by atoms with Crippen molar-refractivity contribution in [2.75, 3.05) is 0 Å². The van der Waals surface area contributed by atoms with Crippen LogP contribution in [0.3, 0.4) is 0 Å². The number of rotatable bonds is 2. The van der Waals surface area contributed by atoms with Crippen molar-refractivity contribution in [1.82, 2.24) is 9.97 Å². The minimum atomic E-state index is 0.708. The average molecular weight is 149 g/mol. The van der Waals surface area contributed by atoms with Crippen LogP contribution in [0.25, 0.3) is 6.08 Å². The van der Waals surface area contributed by atoms with Gasteiger partial charge in [0.05, 0.1) is 5.69 Å². The molecule has 0 unspecified atom stereocenters. The fraction of sp³-hybridized carbons (Fsp3) is 0.250. The molecule has 0 saturated carbocycles. The fourth-order valence-electron chi connectivity index (χ4n) is 0.861. The summed E-state index contributed by atoms with van der Waals surface area (Å²) in [6, 6.07) is 0. The monoisotopic (exact) mass is 149 g/mol. The number of imidazole rings is 1. The summed E-state index contributed by atoms with van der Waals surface area (Å²) in [4.78, 5) is 11.2. The zero-order chi connectivity index (χ0) is 8.27. The van der Waals surface area contributed by atoms with Crippen LogP contribution in [0, 0.1) is 6.92 Å². The molecule has 3 heteroatoms. The number of H-pyrrole nitrogens is 1. The molecule has 0 aliphatic rings. The smallest absolute Gasteiger partial charge is 0.177 e. The highest BCUT2D eigenvalue weighted by molar-refractivity contribution is 5.64. The Balaban J connectivity index is 3.11. The third-order valence-corrected chi connectivity index (χ3v) is 1.29. The Morgan fingerprint density at radius 2 is 2.36 bits per heavy atom. The second kappa shape index (κ2) is 3.14. The van der Waals surface area contributed by atoms with E-state index in [1.165, 1.54) is 0 Å². The van der Waals surface area contributed by atoms with Gasteiger partial charge in [-0.05, 0) is 19.9 Å². The van der Waals surface area contributed by atoms with Crippen molar-refractivity contribution in [3.05, 3.63) is 18.1 Å². The quantitative estimate of drug-likeness (QED) is 0.642. The van der Waals surface area contributed by atoms with Crippen molar-refractivity contribution < 1.29 is 0 Å². The molecule has 0 amide bonds. The number of nitrogens with one attached hydrogen (secondary N) is 1. The molecule has 1 aromatic heterocycles. The molecule has 0 saturated heterocycles. The first-order valence-corrected chi connectivity index (χ1v) is 3.45. The number of aryl methyl sites for hydroxylation is 1. The lowest BCUT2D eigenvalue weighted by Crippen LogP contribution is -1.70. The summed E-state index contributed by atoms with van der Waals surface area (Å²) in [5.41, 5.74) is 0.876. The number of nitrogens with zero attached hydrogens (tertiary/aromatic N) is 2. The van der Waals surface area contributed by atoms with Gasteiger partial charge >= 0.3 is 0 Å². The molecule has 1 N–H and O–H groups in total. The van der Waals surface area contributed by atoms with Crippen molar-refractivity contribution in [1.29, 1.82) is 0 Å². The van der Waals surface area contributed by atoms with Crippen molar-refractivity contribution in [3.8, 4) is 0 Å². The summed E-state index contributed by atoms with van der Waals surface area (Å²) in [5.74, 6) is 1.57. The molecule has 3 nitrogen and oxygen atoms in total. The van der Waals surface area contributed by atoms with Crippen molar-refractivity contribution >= 4 is 18.1 Å². The maximum absolute atomic E-state index is 4.15. The molecule has 11 heavy (non-hydrogen) atoms. The van der Waals surface area contributed by atoms with E-state index in [1.807, 2.05) is 13.8 Å². The molecule has 0 bridgehead atoms. The topological polar surface area (TPSA) is 41.0 Å². The molecular formula is C8H11N3. The van der Waals surface area contributed by atoms with Crippen molar-refractivity contribution in [2.45, 2.75) is 13.8 Å². The standard InChI is InChI=1S/C8H11N3/c1-4-7-8(9-5-2)11-6(3)10-7/h4-5H,1H2,2-3H3,(H,10,11)/b9-5-. The predicted octanol–water partition coefficient (Wildman–Crippen LogP) is 2.08. The zero-order valence-corrected chi connectivity index (χ0v) is 6.76. The van der Waals surface area contributed by atoms with E-state index < -0.39 is 0 Å². The Morgan fingerprint density at radius 3 is 2.91 bits per heavy atom. The lowest BCUT2D eigenvalue weighted by atomic mass is 10.4. The van der Waals surface area contributed by atoms with Crippen LogP contribution in [-0.2, 0) is 0 Å². The Labute approximate surface area is 65.9 Å². The number of hydrogen-bond acceptors (Lipinski definition) is 2. The van der Waals surface area contributed by atoms with Crippen LogP contribution in [0.2, 0.25) is 0 Å². The summed E-state index contributed by atoms with van der Waals surface area (Å²) in [7, 11) is 0. The van der Waals surface area contributed by atoms with E-state index in [1.54, 1.807) is 12.3 Å². The van der Waals surface area contributed by atoms with Gasteiger partial charge in [-0.15, -0.1) is 0 Å². The van der Waals surface area contributed by atoms with Gasteiger partial charge in [0.1, 0.15) is 5.82 Å². The van der Waals surface area contributed by atoms with E-state index in [0.29, 0.717) is 5.82 Å². The third kappa shape index (κ3) is 1.55. The van der Waals surface area contributed by atoms with Gasteiger partial charge in [-0.3, -0.25) is 0 Å². The molecule has 1 rings (SSSR count). The van der Waals surface area contributed by atoms with Gasteiger partial charge in [-0.2, -0.15) is 0 Å². The third-order valence-electron chi connectivity index (χ3n) is 1.29. The Morgan fingerprint density at radius 1 is 1.64 bits per heavy atom. The Kier molecular flexibility index (Phi) is 2.21. The molecule has 0 aliphatic heterocycles. The van der Waals surface area contributed by atoms with E-state index in [0.717, 1.165) is 11.5 Å². The summed E-state index contributed by atoms with van der Waals surface area (Å²) in [6.07, 6.45) is 3.42. The lowest BCUT2D eigenvalue weighted by Gasteiger charge is -1.85. The van der Waals surface area contributed by atoms with E-state index in [2.05, 4.69) is 21.5 Å². The largest absolute Gasteiger partial charge is 0.341 e. The van der Waals surface area contributed by atoms with Gasteiger partial charge < -0.3 is 4.98 Å². The van der Waals surface area contributed by atoms with Gasteiger partial charge in [0.25, 0.3) is 0 Å². The molecule has 1 heterocycles. The minimum Gasteiger partial charge on any atom is -0.341 e. The maximum atomic E-state index is 4.15. The number of aromatic nitrogens is 2. The van der Waals surface area contributed by atoms with E-state index >= 15 is 0 Å². The number of hydrogen-bond donors (Lipinski definition) is 1. The van der Waals surface area contributed by atoms with Gasteiger partial charge in [-0.1, -0.05) is 6.58 Å². The number of aromatic amines is 1. The minimum absolute atomic E-state index is 0.708. The highest BCUT2D eigenvalue weighted by Crippen LogP contribution is 2.15. The zero-order valence-electron chi connectivity index (χ0n) is 6.76. The maximum Gasteiger partial charge on any atom is 0.177 e. The molecule has 0 fully saturated rings. The Hall–Kier alpha value is -1.38. The van der Waals surface area contributed by atoms with E-state index in [9.17, 15) is 0 Å². The van der Waals surface area contributed by atoms with Gasteiger partial charge in [0, 0.05) is 6.21 Å². The van der Waals surface area contributed by atoms with E-state index in [-0.39, 0.29) is 0 Å². The first kappa shape index (κ1) is 7.72. The normalized spacial score (nSPS) is 10.7. The molecule has 0 spiro atoms. The predicted molar refractivity (Wildman–Crippen MR) is 47.2 cm³/mol. The van der Waals surface area contributed by atoms with Gasteiger partial charge in [0.2, 0.25) is 0 Å². The van der Waals surface area contributed by atoms with Crippen LogP contribution in [0.1, 0.15) is 18.4 Å². The van der Waals surface area contributed by atoms with Crippen LogP contribution in [0.15, 0.2) is 11.6 Å². The second-order valence-electron chi connectivity index (χ2n) is 2.15. The average Bonchev–Trinajstić information content (AvgIpc) is 2.32. The summed E-state index contributed by atoms with van der Waals surface area (Å²) in [6.45, 7) is 7.39. The first-order valence-electron chi connectivity index (χ1n) is 3.45. The summed E-state index contributed by atoms with van der Waals surface area (Å²) >= 11 is 0. The molecule has 0 radical (unpaired) electrons. The molecule has 1 aromatic rings. The first-order chi connectivity index (χ1) is 5.27. The highest BCUT2D eigenvalue weighted by Gasteiger charge is 2.00. The highest BCUT2D eigenvalue weighted by atomic mass is 15.0. The van der Waals surface area contributed by atoms with Crippen molar-refractivity contribution in [3.63, 3.8) is 0 Å². The van der Waals surface area contributed by atoms with Crippen LogP contribution in [0.5, 0.6) is 0 Å². The molecule has 0 aromatic carbocycles. The van der Waals surface area contributed by atoms with Crippen LogP contribution < -0.4 is 0 Å². The lowest BCUT2D eigenvalue weighted by molar-refractivity contribution is 1.14. The fourth-order valence-corrected chi connectivity index (χ4v) is 0.861. The SMILES string of the molecule is C=Cc1[nH]c(C)nc1/N=C\C. The van der Waals surface area contributed by atoms with Crippen LogP contribution >= 0.6 is 0 Å². The second-order valence-corrected chi connectivity index (χ2v) is 2.15. The summed E-state index contributed by atoms with van der Waals surface area (Å²) in [5, 5.41) is 0. The molecule has 0 atom stereocenters. The van der Waals surface area contributed by atoms with Gasteiger partial charge in [0.15, 0.2) is 5.82 Å². The Bertz CT molecular complexity index is 284. The van der Waals surface area contributed by atoms with Crippen molar-refractivity contribution in [2.24, 2.45) is 4.99 Å². The molecular weight excluding hydrogens is 138 g/mol. The summed E-state index contributed by atoms with van der Waals surface area (Å²) < 4.78 is 0. The number of aliphatic imine (C=N–C) groups is 1. The van der Waals surface area contributed by atoms with E-state index in [4.69, 9.17) is 0 Å². The molecule has 58 valence electrons. The molecule has 0 aliphatic carbocycles. The van der Waals surface area contributed by atoms with Gasteiger partial charge in [-0.25, -0.2) is 9.98 Å².